The van der Waals surface area contributed by atoms with E-state index in [0.29, 0.717) is 12.5 Å². The predicted molar refractivity (Wildman–Crippen MR) is 35.2 cm³/mol. The summed E-state index contributed by atoms with van der Waals surface area (Å²) < 4.78 is 0. The lowest BCUT2D eigenvalue weighted by Gasteiger charge is -2.25. The molecule has 1 heterocycles. The van der Waals surface area contributed by atoms with Gasteiger partial charge in [0, 0.05) is 12.5 Å². The van der Waals surface area contributed by atoms with Crippen molar-refractivity contribution in [1.29, 1.82) is 0 Å². The summed E-state index contributed by atoms with van der Waals surface area (Å²) in [4.78, 5) is 11.0. The van der Waals surface area contributed by atoms with Crippen LogP contribution in [0.2, 0.25) is 0 Å². The molecule has 3 unspecified atom stereocenters. The van der Waals surface area contributed by atoms with Gasteiger partial charge in [-0.3, -0.25) is 4.79 Å². The summed E-state index contributed by atoms with van der Waals surface area (Å²) in [5.74, 6) is 0.280. The molecule has 2 aliphatic rings. The minimum atomic E-state index is -0.353. The van der Waals surface area contributed by atoms with Crippen molar-refractivity contribution in [1.82, 2.24) is 5.32 Å². The lowest BCUT2D eigenvalue weighted by atomic mass is 9.96. The zero-order valence-electron chi connectivity index (χ0n) is 5.71. The summed E-state index contributed by atoms with van der Waals surface area (Å²) in [6.45, 7) is 0.677. The SMILES string of the molecule is O=C1NCC2CCC1C2O. The fourth-order valence-electron chi connectivity index (χ4n) is 1.94. The van der Waals surface area contributed by atoms with E-state index in [0.717, 1.165) is 12.8 Å². The molecule has 0 radical (unpaired) electrons. The Morgan fingerprint density at radius 1 is 1.50 bits per heavy atom. The van der Waals surface area contributed by atoms with Gasteiger partial charge in [-0.1, -0.05) is 0 Å². The van der Waals surface area contributed by atoms with Crippen LogP contribution in [-0.4, -0.2) is 23.7 Å². The number of fused-ring (bicyclic) bond motifs is 2. The van der Waals surface area contributed by atoms with Crippen LogP contribution < -0.4 is 5.32 Å². The Balaban J connectivity index is 2.20. The first kappa shape index (κ1) is 6.16. The lowest BCUT2D eigenvalue weighted by Crippen LogP contribution is -2.45. The average molecular weight is 141 g/mol. The highest BCUT2D eigenvalue weighted by atomic mass is 16.3. The number of carbonyl (C=O) groups excluding carboxylic acids is 1. The van der Waals surface area contributed by atoms with Gasteiger partial charge in [0.05, 0.1) is 12.0 Å². The number of amides is 1. The van der Waals surface area contributed by atoms with Gasteiger partial charge < -0.3 is 10.4 Å². The van der Waals surface area contributed by atoms with Gasteiger partial charge in [-0.15, -0.1) is 0 Å². The Hall–Kier alpha value is -0.570. The molecule has 1 saturated heterocycles. The van der Waals surface area contributed by atoms with Crippen molar-refractivity contribution in [3.63, 3.8) is 0 Å². The zero-order valence-corrected chi connectivity index (χ0v) is 5.71. The molecule has 2 N–H and O–H groups in total. The van der Waals surface area contributed by atoms with E-state index in [2.05, 4.69) is 5.32 Å². The fourth-order valence-corrected chi connectivity index (χ4v) is 1.94. The summed E-state index contributed by atoms with van der Waals surface area (Å²) in [5.41, 5.74) is 0. The molecule has 2 bridgehead atoms. The topological polar surface area (TPSA) is 49.3 Å². The summed E-state index contributed by atoms with van der Waals surface area (Å²) in [7, 11) is 0. The second kappa shape index (κ2) is 1.95. The maximum atomic E-state index is 11.0. The number of carbonyl (C=O) groups is 1. The van der Waals surface area contributed by atoms with Gasteiger partial charge in [-0.05, 0) is 12.8 Å². The third-order valence-electron chi connectivity index (χ3n) is 2.62. The molecular weight excluding hydrogens is 130 g/mol. The van der Waals surface area contributed by atoms with Gasteiger partial charge in [0.2, 0.25) is 5.91 Å². The minimum Gasteiger partial charge on any atom is -0.392 e. The van der Waals surface area contributed by atoms with E-state index in [-0.39, 0.29) is 17.9 Å². The monoisotopic (exact) mass is 141 g/mol. The molecule has 3 nitrogen and oxygen atoms in total. The van der Waals surface area contributed by atoms with Crippen molar-refractivity contribution in [2.75, 3.05) is 6.54 Å². The number of piperidine rings is 1. The molecule has 2 rings (SSSR count). The molecule has 3 heteroatoms. The molecule has 1 saturated carbocycles. The molecule has 0 aromatic rings. The van der Waals surface area contributed by atoms with Crippen molar-refractivity contribution in [3.05, 3.63) is 0 Å². The summed E-state index contributed by atoms with van der Waals surface area (Å²) in [5, 5.41) is 12.2. The maximum Gasteiger partial charge on any atom is 0.225 e. The molecule has 10 heavy (non-hydrogen) atoms. The standard InChI is InChI=1S/C7H11NO2/c9-6-4-1-2-5(6)7(10)8-3-4/h4-6,9H,1-3H2,(H,8,10). The Morgan fingerprint density at radius 2 is 2.30 bits per heavy atom. The van der Waals surface area contributed by atoms with Gasteiger partial charge in [0.1, 0.15) is 0 Å². The molecule has 2 fully saturated rings. The summed E-state index contributed by atoms with van der Waals surface area (Å²) >= 11 is 0. The molecule has 0 spiro atoms. The molecule has 1 amide bonds. The third-order valence-corrected chi connectivity index (χ3v) is 2.62. The lowest BCUT2D eigenvalue weighted by molar-refractivity contribution is -0.130. The van der Waals surface area contributed by atoms with E-state index in [4.69, 9.17) is 0 Å². The Bertz CT molecular complexity index is 169. The second-order valence-electron chi connectivity index (χ2n) is 3.18. The second-order valence-corrected chi connectivity index (χ2v) is 3.18. The maximum absolute atomic E-state index is 11.0. The number of hydrogen-bond donors (Lipinski definition) is 2. The highest BCUT2D eigenvalue weighted by Crippen LogP contribution is 2.33. The van der Waals surface area contributed by atoms with Crippen molar-refractivity contribution in [2.45, 2.75) is 18.9 Å². The Kier molecular flexibility index (Phi) is 1.20. The van der Waals surface area contributed by atoms with Gasteiger partial charge in [-0.25, -0.2) is 0 Å². The largest absolute Gasteiger partial charge is 0.392 e. The summed E-state index contributed by atoms with van der Waals surface area (Å²) in [6.07, 6.45) is 1.52. The highest BCUT2D eigenvalue weighted by Gasteiger charge is 2.42. The number of aliphatic hydroxyl groups excluding tert-OH is 1. The smallest absolute Gasteiger partial charge is 0.225 e. The van der Waals surface area contributed by atoms with Crippen LogP contribution in [0.15, 0.2) is 0 Å². The minimum absolute atomic E-state index is 0.0428. The normalized spacial score (nSPS) is 45.3. The van der Waals surface area contributed by atoms with Crippen molar-refractivity contribution < 1.29 is 9.90 Å². The van der Waals surface area contributed by atoms with Crippen LogP contribution in [0.5, 0.6) is 0 Å². The van der Waals surface area contributed by atoms with Crippen molar-refractivity contribution in [3.8, 4) is 0 Å². The van der Waals surface area contributed by atoms with Crippen molar-refractivity contribution >= 4 is 5.91 Å². The van der Waals surface area contributed by atoms with Gasteiger partial charge >= 0.3 is 0 Å². The molecule has 0 aromatic carbocycles. The number of aliphatic hydroxyl groups is 1. The number of hydrogen-bond acceptors (Lipinski definition) is 2. The Labute approximate surface area is 59.4 Å². The van der Waals surface area contributed by atoms with E-state index < -0.39 is 0 Å². The van der Waals surface area contributed by atoms with Crippen LogP contribution in [-0.2, 0) is 4.79 Å². The molecule has 3 atom stereocenters. The molecule has 0 aromatic heterocycles. The predicted octanol–water partition coefficient (Wildman–Crippen LogP) is -0.497. The van der Waals surface area contributed by atoms with E-state index in [1.807, 2.05) is 0 Å². The van der Waals surface area contributed by atoms with Crippen LogP contribution in [0.4, 0.5) is 0 Å². The molecule has 1 aliphatic heterocycles. The Morgan fingerprint density at radius 3 is 3.00 bits per heavy atom. The first-order chi connectivity index (χ1) is 4.79. The van der Waals surface area contributed by atoms with Crippen LogP contribution in [0.1, 0.15) is 12.8 Å². The third kappa shape index (κ3) is 0.669. The van der Waals surface area contributed by atoms with Gasteiger partial charge in [-0.2, -0.15) is 0 Å². The fraction of sp³-hybridized carbons (Fsp3) is 0.857. The highest BCUT2D eigenvalue weighted by molar-refractivity contribution is 5.80. The zero-order chi connectivity index (χ0) is 7.14. The van der Waals surface area contributed by atoms with Crippen LogP contribution in [0.3, 0.4) is 0 Å². The van der Waals surface area contributed by atoms with E-state index in [1.54, 1.807) is 0 Å². The average Bonchev–Trinajstić information content (AvgIpc) is 2.13. The van der Waals surface area contributed by atoms with Crippen molar-refractivity contribution in [2.24, 2.45) is 11.8 Å². The van der Waals surface area contributed by atoms with E-state index in [1.165, 1.54) is 0 Å². The number of nitrogens with one attached hydrogen (secondary N) is 1. The molecule has 1 aliphatic carbocycles. The van der Waals surface area contributed by atoms with Crippen LogP contribution in [0, 0.1) is 11.8 Å². The number of rotatable bonds is 0. The van der Waals surface area contributed by atoms with Gasteiger partial charge in [0.15, 0.2) is 0 Å². The quantitative estimate of drug-likeness (QED) is 0.478. The van der Waals surface area contributed by atoms with E-state index in [9.17, 15) is 9.90 Å². The summed E-state index contributed by atoms with van der Waals surface area (Å²) in [6, 6.07) is 0. The van der Waals surface area contributed by atoms with Gasteiger partial charge in [0.25, 0.3) is 0 Å². The first-order valence-electron chi connectivity index (χ1n) is 3.75. The molecular formula is C7H11NO2. The molecule has 56 valence electrons. The van der Waals surface area contributed by atoms with Crippen LogP contribution in [0.25, 0.3) is 0 Å². The first-order valence-corrected chi connectivity index (χ1v) is 3.75. The van der Waals surface area contributed by atoms with E-state index >= 15 is 0 Å². The van der Waals surface area contributed by atoms with Crippen LogP contribution >= 0.6 is 0 Å².